The van der Waals surface area contributed by atoms with Gasteiger partial charge in [0, 0.05) is 24.2 Å². The second-order valence-electron chi connectivity index (χ2n) is 5.21. The zero-order chi connectivity index (χ0) is 15.6. The van der Waals surface area contributed by atoms with Crippen LogP contribution in [-0.2, 0) is 9.84 Å². The smallest absolute Gasteiger partial charge is 0.254 e. The molecular weight excluding hydrogens is 300 g/mol. The van der Waals surface area contributed by atoms with Crippen molar-refractivity contribution in [1.29, 1.82) is 0 Å². The molecule has 1 aromatic rings. The van der Waals surface area contributed by atoms with E-state index >= 15 is 0 Å². The molecule has 0 spiro atoms. The molecule has 116 valence electrons. The Labute approximate surface area is 122 Å². The average molecular weight is 317 g/mol. The number of amides is 1. The van der Waals surface area contributed by atoms with Crippen LogP contribution in [0.15, 0.2) is 18.2 Å². The summed E-state index contributed by atoms with van der Waals surface area (Å²) >= 11 is 0. The lowest BCUT2D eigenvalue weighted by Crippen LogP contribution is -2.41. The van der Waals surface area contributed by atoms with Gasteiger partial charge in [-0.25, -0.2) is 17.2 Å². The highest BCUT2D eigenvalue weighted by molar-refractivity contribution is 7.91. The van der Waals surface area contributed by atoms with Crippen LogP contribution in [0.2, 0.25) is 0 Å². The molecule has 0 aliphatic carbocycles. The van der Waals surface area contributed by atoms with Crippen molar-refractivity contribution in [2.45, 2.75) is 25.8 Å². The zero-order valence-electron chi connectivity index (χ0n) is 11.7. The van der Waals surface area contributed by atoms with Crippen LogP contribution in [0.3, 0.4) is 0 Å². The van der Waals surface area contributed by atoms with Gasteiger partial charge in [0.1, 0.15) is 11.6 Å². The predicted molar refractivity (Wildman–Crippen MR) is 74.7 cm³/mol. The third kappa shape index (κ3) is 3.78. The largest absolute Gasteiger partial charge is 0.335 e. The fraction of sp³-hybridized carbons (Fsp3) is 0.500. The SMILES string of the molecule is CCCN(C(=O)c1cc(F)cc(F)c1)C1CCS(=O)(=O)C1. The van der Waals surface area contributed by atoms with Crippen molar-refractivity contribution >= 4 is 15.7 Å². The summed E-state index contributed by atoms with van der Waals surface area (Å²) < 4.78 is 49.6. The number of nitrogens with zero attached hydrogens (tertiary/aromatic N) is 1. The Morgan fingerprint density at radius 1 is 1.29 bits per heavy atom. The van der Waals surface area contributed by atoms with E-state index in [0.29, 0.717) is 25.5 Å². The summed E-state index contributed by atoms with van der Waals surface area (Å²) in [4.78, 5) is 13.9. The van der Waals surface area contributed by atoms with Gasteiger partial charge in [0.15, 0.2) is 9.84 Å². The molecule has 0 radical (unpaired) electrons. The summed E-state index contributed by atoms with van der Waals surface area (Å²) in [7, 11) is -3.13. The summed E-state index contributed by atoms with van der Waals surface area (Å²) in [5, 5.41) is 0. The molecule has 1 unspecified atom stereocenters. The van der Waals surface area contributed by atoms with Crippen LogP contribution < -0.4 is 0 Å². The predicted octanol–water partition coefficient (Wildman–Crippen LogP) is 2.00. The molecular formula is C14H17F2NO3S. The quantitative estimate of drug-likeness (QED) is 0.853. The van der Waals surface area contributed by atoms with Crippen molar-refractivity contribution in [2.75, 3.05) is 18.1 Å². The summed E-state index contributed by atoms with van der Waals surface area (Å²) in [5.74, 6) is -2.22. The van der Waals surface area contributed by atoms with Gasteiger partial charge >= 0.3 is 0 Å². The lowest BCUT2D eigenvalue weighted by atomic mass is 10.1. The van der Waals surface area contributed by atoms with Crippen molar-refractivity contribution in [3.05, 3.63) is 35.4 Å². The Balaban J connectivity index is 2.27. The molecule has 4 nitrogen and oxygen atoms in total. The lowest BCUT2D eigenvalue weighted by Gasteiger charge is -2.28. The van der Waals surface area contributed by atoms with Crippen molar-refractivity contribution in [2.24, 2.45) is 0 Å². The number of hydrogen-bond donors (Lipinski definition) is 0. The van der Waals surface area contributed by atoms with E-state index in [4.69, 9.17) is 0 Å². The maximum atomic E-state index is 13.2. The van der Waals surface area contributed by atoms with Crippen LogP contribution in [0.1, 0.15) is 30.1 Å². The molecule has 1 aliphatic heterocycles. The van der Waals surface area contributed by atoms with Gasteiger partial charge in [-0.05, 0) is 25.0 Å². The third-order valence-electron chi connectivity index (χ3n) is 3.48. The normalized spacial score (nSPS) is 20.4. The number of sulfone groups is 1. The number of carbonyl (C=O) groups excluding carboxylic acids is 1. The monoisotopic (exact) mass is 317 g/mol. The Morgan fingerprint density at radius 2 is 1.90 bits per heavy atom. The zero-order valence-corrected chi connectivity index (χ0v) is 12.5. The number of carbonyl (C=O) groups is 1. The molecule has 2 rings (SSSR count). The van der Waals surface area contributed by atoms with Crippen molar-refractivity contribution in [3.63, 3.8) is 0 Å². The molecule has 21 heavy (non-hydrogen) atoms. The minimum absolute atomic E-state index is 0.0443. The standard InChI is InChI=1S/C14H17F2NO3S/c1-2-4-17(13-3-5-21(19,20)9-13)14(18)10-6-11(15)8-12(16)7-10/h6-8,13H,2-5,9H2,1H3. The summed E-state index contributed by atoms with van der Waals surface area (Å²) in [6.45, 7) is 2.22. The molecule has 1 saturated heterocycles. The molecule has 0 saturated carbocycles. The van der Waals surface area contributed by atoms with Gasteiger partial charge in [0.25, 0.3) is 5.91 Å². The first kappa shape index (κ1) is 15.9. The molecule has 7 heteroatoms. The average Bonchev–Trinajstić information content (AvgIpc) is 2.74. The molecule has 1 aromatic carbocycles. The van der Waals surface area contributed by atoms with Crippen LogP contribution in [0.25, 0.3) is 0 Å². The van der Waals surface area contributed by atoms with Gasteiger partial charge in [0.2, 0.25) is 0 Å². The minimum atomic E-state index is -3.13. The fourth-order valence-electron chi connectivity index (χ4n) is 2.56. The van der Waals surface area contributed by atoms with Crippen LogP contribution in [0.5, 0.6) is 0 Å². The van der Waals surface area contributed by atoms with Crippen molar-refractivity contribution in [3.8, 4) is 0 Å². The van der Waals surface area contributed by atoms with Crippen LogP contribution in [-0.4, -0.2) is 43.3 Å². The van der Waals surface area contributed by atoms with Crippen LogP contribution in [0, 0.1) is 11.6 Å². The van der Waals surface area contributed by atoms with E-state index < -0.39 is 33.4 Å². The van der Waals surface area contributed by atoms with E-state index in [2.05, 4.69) is 0 Å². The maximum Gasteiger partial charge on any atom is 0.254 e. The van der Waals surface area contributed by atoms with Crippen LogP contribution in [0.4, 0.5) is 8.78 Å². The highest BCUT2D eigenvalue weighted by Crippen LogP contribution is 2.21. The number of rotatable bonds is 4. The molecule has 1 aliphatic rings. The fourth-order valence-corrected chi connectivity index (χ4v) is 4.29. The highest BCUT2D eigenvalue weighted by atomic mass is 32.2. The van der Waals surface area contributed by atoms with E-state index in [1.165, 1.54) is 4.90 Å². The van der Waals surface area contributed by atoms with Crippen molar-refractivity contribution < 1.29 is 22.0 Å². The van der Waals surface area contributed by atoms with E-state index in [-0.39, 0.29) is 17.1 Å². The Bertz CT molecular complexity index is 625. The van der Waals surface area contributed by atoms with Gasteiger partial charge < -0.3 is 4.90 Å². The van der Waals surface area contributed by atoms with E-state index in [1.807, 2.05) is 6.92 Å². The lowest BCUT2D eigenvalue weighted by molar-refractivity contribution is 0.0696. The molecule has 0 bridgehead atoms. The molecule has 1 amide bonds. The number of halogens is 2. The molecule has 1 fully saturated rings. The molecule has 0 aromatic heterocycles. The summed E-state index contributed by atoms with van der Waals surface area (Å²) in [6, 6.07) is 2.21. The van der Waals surface area contributed by atoms with Crippen LogP contribution >= 0.6 is 0 Å². The van der Waals surface area contributed by atoms with Crippen molar-refractivity contribution in [1.82, 2.24) is 4.90 Å². The first-order valence-corrected chi connectivity index (χ1v) is 8.62. The Morgan fingerprint density at radius 3 is 2.38 bits per heavy atom. The maximum absolute atomic E-state index is 13.2. The first-order valence-electron chi connectivity index (χ1n) is 6.80. The minimum Gasteiger partial charge on any atom is -0.335 e. The van der Waals surface area contributed by atoms with E-state index in [9.17, 15) is 22.0 Å². The topological polar surface area (TPSA) is 54.5 Å². The number of hydrogen-bond acceptors (Lipinski definition) is 3. The molecule has 0 N–H and O–H groups in total. The van der Waals surface area contributed by atoms with Gasteiger partial charge in [-0.1, -0.05) is 6.92 Å². The summed E-state index contributed by atoms with van der Waals surface area (Å²) in [5.41, 5.74) is -0.0924. The Hall–Kier alpha value is -1.50. The second kappa shape index (κ2) is 6.09. The molecule has 1 atom stereocenters. The third-order valence-corrected chi connectivity index (χ3v) is 5.23. The van der Waals surface area contributed by atoms with E-state index in [0.717, 1.165) is 12.1 Å². The van der Waals surface area contributed by atoms with E-state index in [1.54, 1.807) is 0 Å². The van der Waals surface area contributed by atoms with Gasteiger partial charge in [-0.15, -0.1) is 0 Å². The number of benzene rings is 1. The van der Waals surface area contributed by atoms with Gasteiger partial charge in [-0.3, -0.25) is 4.79 Å². The molecule has 1 heterocycles. The highest BCUT2D eigenvalue weighted by Gasteiger charge is 2.34. The summed E-state index contributed by atoms with van der Waals surface area (Å²) in [6.07, 6.45) is 1.01. The Kier molecular flexibility index (Phi) is 4.61. The second-order valence-corrected chi connectivity index (χ2v) is 7.44. The van der Waals surface area contributed by atoms with Gasteiger partial charge in [-0.2, -0.15) is 0 Å². The van der Waals surface area contributed by atoms with Gasteiger partial charge in [0.05, 0.1) is 11.5 Å². The first-order chi connectivity index (χ1) is 9.82.